The van der Waals surface area contributed by atoms with Crippen LogP contribution in [0.25, 0.3) is 11.0 Å². The molecule has 1 aromatic heterocycles. The normalized spacial score (nSPS) is 10.7. The third-order valence-corrected chi connectivity index (χ3v) is 3.71. The van der Waals surface area contributed by atoms with Crippen molar-refractivity contribution < 1.29 is 14.8 Å². The van der Waals surface area contributed by atoms with Gasteiger partial charge in [0.2, 0.25) is 0 Å². The lowest BCUT2D eigenvalue weighted by molar-refractivity contribution is -0.384. The van der Waals surface area contributed by atoms with Gasteiger partial charge in [0.25, 0.3) is 11.2 Å². The summed E-state index contributed by atoms with van der Waals surface area (Å²) in [4.78, 5) is 38.4. The highest BCUT2D eigenvalue weighted by Crippen LogP contribution is 2.16. The number of nitrogens with zero attached hydrogens (tertiary/aromatic N) is 3. The Morgan fingerprint density at radius 1 is 1.20 bits per heavy atom. The molecule has 8 heteroatoms. The van der Waals surface area contributed by atoms with Gasteiger partial charge in [0, 0.05) is 18.6 Å². The maximum absolute atomic E-state index is 12.6. The molecule has 8 nitrogen and oxygen atoms in total. The van der Waals surface area contributed by atoms with Crippen LogP contribution in [-0.4, -0.2) is 25.6 Å². The largest absolute Gasteiger partial charge is 0.480 e. The van der Waals surface area contributed by atoms with Crippen LogP contribution < -0.4 is 5.56 Å². The number of aliphatic carboxylic acids is 1. The molecule has 0 atom stereocenters. The zero-order chi connectivity index (χ0) is 18.0. The average Bonchev–Trinajstić information content (AvgIpc) is 2.58. The summed E-state index contributed by atoms with van der Waals surface area (Å²) >= 11 is 0. The van der Waals surface area contributed by atoms with Gasteiger partial charge in [-0.05, 0) is 17.7 Å². The highest BCUT2D eigenvalue weighted by atomic mass is 16.6. The zero-order valence-electron chi connectivity index (χ0n) is 13.0. The van der Waals surface area contributed by atoms with Crippen molar-refractivity contribution in [3.8, 4) is 0 Å². The maximum atomic E-state index is 12.6. The number of fused-ring (bicyclic) bond motifs is 1. The van der Waals surface area contributed by atoms with Crippen molar-refractivity contribution in [2.45, 2.75) is 13.0 Å². The Bertz CT molecular complexity index is 1040. The van der Waals surface area contributed by atoms with E-state index in [2.05, 4.69) is 4.98 Å². The Balaban J connectivity index is 2.12. The van der Waals surface area contributed by atoms with E-state index in [1.54, 1.807) is 30.3 Å². The van der Waals surface area contributed by atoms with Crippen LogP contribution in [0.1, 0.15) is 11.3 Å². The number of carbonyl (C=O) groups is 1. The summed E-state index contributed by atoms with van der Waals surface area (Å²) in [6.45, 7) is -0.482. The molecule has 3 aromatic rings. The Kier molecular flexibility index (Phi) is 4.25. The average molecular weight is 339 g/mol. The topological polar surface area (TPSA) is 115 Å². The molecular weight excluding hydrogens is 326 g/mol. The number of rotatable bonds is 5. The molecule has 0 aliphatic rings. The molecule has 1 heterocycles. The van der Waals surface area contributed by atoms with E-state index in [4.69, 9.17) is 5.11 Å². The SMILES string of the molecule is O=C(O)Cn1c(=O)c(Cc2cccc([N+](=O)[O-])c2)nc2ccccc21. The number of nitro benzene ring substituents is 1. The summed E-state index contributed by atoms with van der Waals surface area (Å²) in [6, 6.07) is 12.7. The van der Waals surface area contributed by atoms with E-state index in [-0.39, 0.29) is 17.8 Å². The third-order valence-electron chi connectivity index (χ3n) is 3.71. The number of aromatic nitrogens is 2. The molecule has 0 aliphatic carbocycles. The first kappa shape index (κ1) is 16.3. The Hall–Kier alpha value is -3.55. The number of hydrogen-bond donors (Lipinski definition) is 1. The van der Waals surface area contributed by atoms with E-state index in [1.807, 2.05) is 0 Å². The molecule has 0 spiro atoms. The second kappa shape index (κ2) is 6.52. The van der Waals surface area contributed by atoms with Crippen molar-refractivity contribution in [1.82, 2.24) is 9.55 Å². The van der Waals surface area contributed by atoms with Crippen LogP contribution in [-0.2, 0) is 17.8 Å². The van der Waals surface area contributed by atoms with E-state index in [0.29, 0.717) is 16.6 Å². The predicted octanol–water partition coefficient (Wildman–Crippen LogP) is 1.98. The van der Waals surface area contributed by atoms with Crippen LogP contribution >= 0.6 is 0 Å². The number of carboxylic acid groups (broad SMARTS) is 1. The number of nitro groups is 1. The number of para-hydroxylation sites is 2. The minimum absolute atomic E-state index is 0.0744. The van der Waals surface area contributed by atoms with Crippen molar-refractivity contribution in [1.29, 1.82) is 0 Å². The van der Waals surface area contributed by atoms with Crippen LogP contribution in [0.5, 0.6) is 0 Å². The molecule has 0 bridgehead atoms. The molecule has 3 rings (SSSR count). The van der Waals surface area contributed by atoms with Gasteiger partial charge < -0.3 is 5.11 Å². The van der Waals surface area contributed by atoms with Crippen LogP contribution in [0.4, 0.5) is 5.69 Å². The molecule has 25 heavy (non-hydrogen) atoms. The van der Waals surface area contributed by atoms with Crippen molar-refractivity contribution in [2.75, 3.05) is 0 Å². The fraction of sp³-hybridized carbons (Fsp3) is 0.118. The number of hydrogen-bond acceptors (Lipinski definition) is 5. The Morgan fingerprint density at radius 2 is 1.96 bits per heavy atom. The molecule has 0 fully saturated rings. The van der Waals surface area contributed by atoms with Gasteiger partial charge in [0.05, 0.1) is 16.0 Å². The monoisotopic (exact) mass is 339 g/mol. The minimum Gasteiger partial charge on any atom is -0.480 e. The fourth-order valence-electron chi connectivity index (χ4n) is 2.63. The van der Waals surface area contributed by atoms with Gasteiger partial charge in [-0.25, -0.2) is 4.98 Å². The molecule has 1 N–H and O–H groups in total. The van der Waals surface area contributed by atoms with Crippen LogP contribution in [0, 0.1) is 10.1 Å². The number of benzene rings is 2. The Labute approximate surface area is 141 Å². The molecule has 0 saturated heterocycles. The predicted molar refractivity (Wildman–Crippen MR) is 89.5 cm³/mol. The van der Waals surface area contributed by atoms with Gasteiger partial charge in [-0.2, -0.15) is 0 Å². The maximum Gasteiger partial charge on any atom is 0.323 e. The lowest BCUT2D eigenvalue weighted by atomic mass is 10.1. The zero-order valence-corrected chi connectivity index (χ0v) is 13.0. The van der Waals surface area contributed by atoms with E-state index in [9.17, 15) is 19.7 Å². The Morgan fingerprint density at radius 3 is 2.68 bits per heavy atom. The summed E-state index contributed by atoms with van der Waals surface area (Å²) in [6.07, 6.45) is 0.0744. The van der Waals surface area contributed by atoms with E-state index in [0.717, 1.165) is 4.57 Å². The van der Waals surface area contributed by atoms with Crippen molar-refractivity contribution in [2.24, 2.45) is 0 Å². The van der Waals surface area contributed by atoms with Crippen molar-refractivity contribution in [3.63, 3.8) is 0 Å². The van der Waals surface area contributed by atoms with Gasteiger partial charge >= 0.3 is 5.97 Å². The molecule has 0 saturated carbocycles. The van der Waals surface area contributed by atoms with E-state index < -0.39 is 23.0 Å². The number of carboxylic acids is 1. The van der Waals surface area contributed by atoms with Gasteiger partial charge in [-0.1, -0.05) is 24.3 Å². The highest BCUT2D eigenvalue weighted by Gasteiger charge is 2.14. The first-order chi connectivity index (χ1) is 12.0. The highest BCUT2D eigenvalue weighted by molar-refractivity contribution is 5.77. The molecule has 126 valence electrons. The lowest BCUT2D eigenvalue weighted by Crippen LogP contribution is -2.28. The lowest BCUT2D eigenvalue weighted by Gasteiger charge is -2.10. The summed E-state index contributed by atoms with van der Waals surface area (Å²) in [7, 11) is 0. The first-order valence-corrected chi connectivity index (χ1v) is 7.39. The summed E-state index contributed by atoms with van der Waals surface area (Å²) < 4.78 is 1.15. The molecule has 0 aliphatic heterocycles. The summed E-state index contributed by atoms with van der Waals surface area (Å²) in [5.41, 5.74) is 1.01. The standard InChI is InChI=1S/C17H13N3O5/c21-16(22)10-19-15-7-2-1-6-13(15)18-14(17(19)23)9-11-4-3-5-12(8-11)20(24)25/h1-8H,9-10H2,(H,21,22). The van der Waals surface area contributed by atoms with Crippen molar-refractivity contribution in [3.05, 3.63) is 80.3 Å². The third kappa shape index (κ3) is 3.37. The molecular formula is C17H13N3O5. The van der Waals surface area contributed by atoms with Gasteiger partial charge in [-0.15, -0.1) is 0 Å². The van der Waals surface area contributed by atoms with E-state index >= 15 is 0 Å². The number of non-ortho nitro benzene ring substituents is 1. The molecule has 0 unspecified atom stereocenters. The summed E-state index contributed by atoms with van der Waals surface area (Å²) in [5, 5.41) is 20.0. The van der Waals surface area contributed by atoms with Crippen LogP contribution in [0.15, 0.2) is 53.3 Å². The smallest absolute Gasteiger partial charge is 0.323 e. The molecule has 0 radical (unpaired) electrons. The van der Waals surface area contributed by atoms with Gasteiger partial charge in [0.1, 0.15) is 12.2 Å². The molecule has 2 aromatic carbocycles. The second-order valence-electron chi connectivity index (χ2n) is 5.44. The van der Waals surface area contributed by atoms with Crippen LogP contribution in [0.2, 0.25) is 0 Å². The van der Waals surface area contributed by atoms with Gasteiger partial charge in [-0.3, -0.25) is 24.3 Å². The van der Waals surface area contributed by atoms with Gasteiger partial charge in [0.15, 0.2) is 0 Å². The quantitative estimate of drug-likeness (QED) is 0.561. The fourth-order valence-corrected chi connectivity index (χ4v) is 2.63. The van der Waals surface area contributed by atoms with Crippen molar-refractivity contribution >= 4 is 22.7 Å². The van der Waals surface area contributed by atoms with Crippen LogP contribution in [0.3, 0.4) is 0 Å². The first-order valence-electron chi connectivity index (χ1n) is 7.39. The minimum atomic E-state index is -1.14. The molecule has 0 amide bonds. The second-order valence-corrected chi connectivity index (χ2v) is 5.44. The summed E-state index contributed by atoms with van der Waals surface area (Å²) in [5.74, 6) is -1.14. The van der Waals surface area contributed by atoms with E-state index in [1.165, 1.54) is 18.2 Å².